The second-order valence-electron chi connectivity index (χ2n) is 8.48. The van der Waals surface area contributed by atoms with Crippen LogP contribution in [0.25, 0.3) is 0 Å². The SMILES string of the molecule is CCOC(=O)C(/C(C)=N/NC(=O)Nc1ccccc1)N(/N=C(\C)c1ccccc1)S(=O)(=O)c1ccc(C)cc1. The molecule has 0 aliphatic carbocycles. The van der Waals surface area contributed by atoms with Crippen molar-refractivity contribution < 1.29 is 22.7 Å². The topological polar surface area (TPSA) is 130 Å². The average molecular weight is 550 g/mol. The Hall–Kier alpha value is -4.51. The largest absolute Gasteiger partial charge is 0.464 e. The third-order valence-corrected chi connectivity index (χ3v) is 7.15. The molecular formula is C28H31N5O5S. The molecule has 3 aromatic carbocycles. The van der Waals surface area contributed by atoms with Crippen LogP contribution < -0.4 is 10.7 Å². The molecule has 3 rings (SSSR count). The number of hydrazone groups is 2. The standard InChI is InChI=1S/C28H31N5O5S/c1-5-38-27(34)26(22(4)30-31-28(35)29-24-14-10-7-11-15-24)33(32-21(3)23-12-8-6-9-13-23)39(36,37)25-18-16-20(2)17-19-25/h6-19,26H,5H2,1-4H3,(H2,29,31,35)/b30-22+,32-21+. The van der Waals surface area contributed by atoms with Crippen molar-refractivity contribution in [1.82, 2.24) is 9.84 Å². The molecule has 204 valence electrons. The van der Waals surface area contributed by atoms with Gasteiger partial charge in [-0.1, -0.05) is 66.2 Å². The van der Waals surface area contributed by atoms with E-state index in [4.69, 9.17) is 4.74 Å². The number of rotatable bonds is 10. The first-order chi connectivity index (χ1) is 18.6. The summed E-state index contributed by atoms with van der Waals surface area (Å²) in [6.45, 7) is 6.47. The molecule has 1 unspecified atom stereocenters. The van der Waals surface area contributed by atoms with Crippen LogP contribution in [-0.4, -0.2) is 48.9 Å². The monoisotopic (exact) mass is 549 g/mol. The second kappa shape index (κ2) is 13.3. The third kappa shape index (κ3) is 7.74. The molecule has 0 aromatic heterocycles. The van der Waals surface area contributed by atoms with Crippen molar-refractivity contribution in [3.8, 4) is 0 Å². The van der Waals surface area contributed by atoms with E-state index in [2.05, 4.69) is 20.9 Å². The minimum absolute atomic E-state index is 0.00959. The summed E-state index contributed by atoms with van der Waals surface area (Å²) in [5, 5.41) is 11.0. The van der Waals surface area contributed by atoms with E-state index >= 15 is 0 Å². The van der Waals surface area contributed by atoms with E-state index in [0.717, 1.165) is 5.56 Å². The van der Waals surface area contributed by atoms with Gasteiger partial charge in [0, 0.05) is 5.69 Å². The van der Waals surface area contributed by atoms with E-state index in [1.807, 2.05) is 13.0 Å². The Kier molecular flexibility index (Phi) is 9.93. The van der Waals surface area contributed by atoms with E-state index < -0.39 is 28.1 Å². The number of nitrogens with one attached hydrogen (secondary N) is 2. The highest BCUT2D eigenvalue weighted by Gasteiger charge is 2.39. The van der Waals surface area contributed by atoms with Crippen LogP contribution in [0.4, 0.5) is 10.5 Å². The van der Waals surface area contributed by atoms with E-state index in [1.165, 1.54) is 19.1 Å². The van der Waals surface area contributed by atoms with Crippen LogP contribution >= 0.6 is 0 Å². The third-order valence-electron chi connectivity index (χ3n) is 5.50. The van der Waals surface area contributed by atoms with E-state index in [-0.39, 0.29) is 17.2 Å². The van der Waals surface area contributed by atoms with Gasteiger partial charge in [-0.2, -0.15) is 23.0 Å². The van der Waals surface area contributed by atoms with E-state index in [9.17, 15) is 18.0 Å². The predicted molar refractivity (Wildman–Crippen MR) is 151 cm³/mol. The fourth-order valence-corrected chi connectivity index (χ4v) is 4.92. The van der Waals surface area contributed by atoms with Gasteiger partial charge >= 0.3 is 12.0 Å². The number of esters is 1. The van der Waals surface area contributed by atoms with Crippen molar-refractivity contribution in [3.05, 3.63) is 96.1 Å². The zero-order valence-electron chi connectivity index (χ0n) is 22.2. The lowest BCUT2D eigenvalue weighted by Crippen LogP contribution is -2.48. The van der Waals surface area contributed by atoms with Crippen LogP contribution in [0.3, 0.4) is 0 Å². The van der Waals surface area contributed by atoms with Crippen molar-refractivity contribution in [1.29, 1.82) is 0 Å². The number of aryl methyl sites for hydroxylation is 1. The molecular weight excluding hydrogens is 518 g/mol. The number of ether oxygens (including phenoxy) is 1. The fraction of sp³-hybridized carbons (Fsp3) is 0.214. The van der Waals surface area contributed by atoms with Crippen LogP contribution in [0.1, 0.15) is 31.9 Å². The number of hydrogen-bond donors (Lipinski definition) is 2. The van der Waals surface area contributed by atoms with Gasteiger partial charge in [0.1, 0.15) is 0 Å². The minimum Gasteiger partial charge on any atom is -0.464 e. The van der Waals surface area contributed by atoms with Gasteiger partial charge in [0.25, 0.3) is 10.0 Å². The molecule has 0 spiro atoms. The lowest BCUT2D eigenvalue weighted by atomic mass is 10.1. The summed E-state index contributed by atoms with van der Waals surface area (Å²) in [5.74, 6) is -0.899. The fourth-order valence-electron chi connectivity index (χ4n) is 3.48. The summed E-state index contributed by atoms with van der Waals surface area (Å²) < 4.78 is 33.7. The van der Waals surface area contributed by atoms with Gasteiger partial charge in [-0.3, -0.25) is 0 Å². The summed E-state index contributed by atoms with van der Waals surface area (Å²) in [6, 6.07) is 21.5. The Morgan fingerprint density at radius 3 is 2.10 bits per heavy atom. The maximum atomic E-state index is 13.9. The molecule has 10 nitrogen and oxygen atoms in total. The van der Waals surface area contributed by atoms with Gasteiger partial charge in [-0.25, -0.2) is 15.0 Å². The van der Waals surface area contributed by atoms with Crippen LogP contribution in [-0.2, 0) is 19.6 Å². The number of amides is 2. The first-order valence-electron chi connectivity index (χ1n) is 12.2. The number of anilines is 1. The molecule has 0 radical (unpaired) electrons. The number of sulfonamides is 1. The van der Waals surface area contributed by atoms with Crippen molar-refractivity contribution in [2.45, 2.75) is 38.6 Å². The highest BCUT2D eigenvalue weighted by atomic mass is 32.2. The van der Waals surface area contributed by atoms with Gasteiger partial charge in [0.05, 0.1) is 22.9 Å². The van der Waals surface area contributed by atoms with E-state index in [0.29, 0.717) is 21.4 Å². The summed E-state index contributed by atoms with van der Waals surface area (Å²) in [4.78, 5) is 25.5. The van der Waals surface area contributed by atoms with Crippen molar-refractivity contribution >= 4 is 39.1 Å². The van der Waals surface area contributed by atoms with Crippen LogP contribution in [0, 0.1) is 6.92 Å². The molecule has 2 N–H and O–H groups in total. The van der Waals surface area contributed by atoms with Gasteiger partial charge in [0.15, 0.2) is 0 Å². The Labute approximate surface area is 228 Å². The molecule has 0 aliphatic rings. The van der Waals surface area contributed by atoms with Crippen LogP contribution in [0.15, 0.2) is 100 Å². The summed E-state index contributed by atoms with van der Waals surface area (Å²) in [6.07, 6.45) is 0. The summed E-state index contributed by atoms with van der Waals surface area (Å²) in [5.41, 5.74) is 4.62. The summed E-state index contributed by atoms with van der Waals surface area (Å²) >= 11 is 0. The van der Waals surface area contributed by atoms with Crippen molar-refractivity contribution in [3.63, 3.8) is 0 Å². The molecule has 39 heavy (non-hydrogen) atoms. The Balaban J connectivity index is 2.07. The molecule has 1 atom stereocenters. The number of urea groups is 1. The lowest BCUT2D eigenvalue weighted by molar-refractivity contribution is -0.145. The molecule has 0 bridgehead atoms. The minimum atomic E-state index is -4.38. The Morgan fingerprint density at radius 2 is 1.51 bits per heavy atom. The predicted octanol–water partition coefficient (Wildman–Crippen LogP) is 4.54. The smallest absolute Gasteiger partial charge is 0.339 e. The lowest BCUT2D eigenvalue weighted by Gasteiger charge is -2.27. The van der Waals surface area contributed by atoms with Gasteiger partial charge in [-0.15, -0.1) is 0 Å². The number of carbonyl (C=O) groups excluding carboxylic acids is 2. The number of benzene rings is 3. The number of hydrogen-bond acceptors (Lipinski definition) is 7. The van der Waals surface area contributed by atoms with Crippen molar-refractivity contribution in [2.75, 3.05) is 11.9 Å². The molecule has 0 aliphatic heterocycles. The molecule has 0 fully saturated rings. The molecule has 2 amide bonds. The van der Waals surface area contributed by atoms with Crippen LogP contribution in [0.2, 0.25) is 0 Å². The highest BCUT2D eigenvalue weighted by molar-refractivity contribution is 7.89. The quantitative estimate of drug-likeness (QED) is 0.218. The van der Waals surface area contributed by atoms with E-state index in [1.54, 1.807) is 80.6 Å². The molecule has 0 saturated carbocycles. The maximum Gasteiger partial charge on any atom is 0.339 e. The van der Waals surface area contributed by atoms with Gasteiger partial charge in [0.2, 0.25) is 6.04 Å². The number of nitrogens with zero attached hydrogens (tertiary/aromatic N) is 3. The normalized spacial score (nSPS) is 12.8. The number of carbonyl (C=O) groups is 2. The van der Waals surface area contributed by atoms with Gasteiger partial charge in [-0.05, 0) is 57.5 Å². The first kappa shape index (κ1) is 29.1. The average Bonchev–Trinajstić information content (AvgIpc) is 2.93. The maximum absolute atomic E-state index is 13.9. The highest BCUT2D eigenvalue weighted by Crippen LogP contribution is 2.22. The summed E-state index contributed by atoms with van der Waals surface area (Å²) in [7, 11) is -4.38. The Morgan fingerprint density at radius 1 is 0.923 bits per heavy atom. The Bertz CT molecular complexity index is 1440. The number of para-hydroxylation sites is 1. The molecule has 0 saturated heterocycles. The molecule has 3 aromatic rings. The van der Waals surface area contributed by atoms with Crippen LogP contribution in [0.5, 0.6) is 0 Å². The zero-order valence-corrected chi connectivity index (χ0v) is 23.0. The zero-order chi connectivity index (χ0) is 28.4. The first-order valence-corrected chi connectivity index (χ1v) is 13.6. The molecule has 0 heterocycles. The van der Waals surface area contributed by atoms with Gasteiger partial charge < -0.3 is 10.1 Å². The molecule has 11 heteroatoms. The second-order valence-corrected chi connectivity index (χ2v) is 10.3. The van der Waals surface area contributed by atoms with Crippen molar-refractivity contribution in [2.24, 2.45) is 10.2 Å².